The number of hydrogen-bond donors (Lipinski definition) is 3. The van der Waals surface area contributed by atoms with Gasteiger partial charge in [0.25, 0.3) is 0 Å². The van der Waals surface area contributed by atoms with Gasteiger partial charge in [0.1, 0.15) is 11.1 Å². The van der Waals surface area contributed by atoms with Crippen LogP contribution in [0.4, 0.5) is 0 Å². The minimum atomic E-state index is -1.56. The molecular weight excluding hydrogens is 330 g/mol. The van der Waals surface area contributed by atoms with Gasteiger partial charge in [-0.15, -0.1) is 0 Å². The van der Waals surface area contributed by atoms with Crippen molar-refractivity contribution >= 4 is 23.8 Å². The average Bonchev–Trinajstić information content (AvgIpc) is 3.06. The Balaban J connectivity index is 2.03. The van der Waals surface area contributed by atoms with E-state index in [4.69, 9.17) is 4.74 Å². The normalized spacial score (nSPS) is 31.6. The SMILES string of the molecule is C[C@H](CC(=O)OC(C)(C)C)C(=O)N[C@@]1(C(=O)O)CC[C@H]2[C@H](C(=O)O)[C@H]21. The maximum absolute atomic E-state index is 12.4. The lowest BCUT2D eigenvalue weighted by Gasteiger charge is -2.30. The first-order chi connectivity index (χ1) is 11.4. The molecule has 0 spiro atoms. The maximum atomic E-state index is 12.4. The van der Waals surface area contributed by atoms with Crippen LogP contribution in [0.3, 0.4) is 0 Å². The number of ether oxygens (including phenoxy) is 1. The van der Waals surface area contributed by atoms with Crippen molar-refractivity contribution in [1.29, 1.82) is 0 Å². The molecule has 25 heavy (non-hydrogen) atoms. The molecule has 0 aromatic heterocycles. The number of esters is 1. The highest BCUT2D eigenvalue weighted by Crippen LogP contribution is 2.62. The molecule has 3 N–H and O–H groups in total. The van der Waals surface area contributed by atoms with Crippen molar-refractivity contribution in [3.63, 3.8) is 0 Å². The molecular formula is C17H25NO7. The zero-order chi connectivity index (χ0) is 19.2. The lowest BCUT2D eigenvalue weighted by Crippen LogP contribution is -2.57. The fourth-order valence-electron chi connectivity index (χ4n) is 3.82. The van der Waals surface area contributed by atoms with Gasteiger partial charge in [0.2, 0.25) is 5.91 Å². The summed E-state index contributed by atoms with van der Waals surface area (Å²) in [7, 11) is 0. The number of fused-ring (bicyclic) bond motifs is 1. The van der Waals surface area contributed by atoms with Crippen LogP contribution in [0.1, 0.15) is 47.0 Å². The minimum absolute atomic E-state index is 0.171. The molecule has 0 aliphatic heterocycles. The van der Waals surface area contributed by atoms with Crippen molar-refractivity contribution < 1.29 is 34.1 Å². The quantitative estimate of drug-likeness (QED) is 0.607. The van der Waals surface area contributed by atoms with Crippen LogP contribution in [0.15, 0.2) is 0 Å². The highest BCUT2D eigenvalue weighted by molar-refractivity contribution is 5.92. The molecule has 0 radical (unpaired) electrons. The molecule has 8 heteroatoms. The predicted octanol–water partition coefficient (Wildman–Crippen LogP) is 1.03. The van der Waals surface area contributed by atoms with E-state index in [2.05, 4.69) is 5.32 Å². The molecule has 2 aliphatic rings. The van der Waals surface area contributed by atoms with Crippen molar-refractivity contribution in [2.24, 2.45) is 23.7 Å². The molecule has 2 rings (SSSR count). The third-order valence-corrected chi connectivity index (χ3v) is 4.96. The van der Waals surface area contributed by atoms with Crippen LogP contribution >= 0.6 is 0 Å². The van der Waals surface area contributed by atoms with Gasteiger partial charge in [-0.1, -0.05) is 6.92 Å². The van der Waals surface area contributed by atoms with E-state index in [1.165, 1.54) is 6.92 Å². The predicted molar refractivity (Wildman–Crippen MR) is 85.5 cm³/mol. The van der Waals surface area contributed by atoms with Crippen molar-refractivity contribution in [3.8, 4) is 0 Å². The third-order valence-electron chi connectivity index (χ3n) is 4.96. The molecule has 0 aromatic carbocycles. The fraction of sp³-hybridized carbons (Fsp3) is 0.765. The Bertz CT molecular complexity index is 609. The van der Waals surface area contributed by atoms with Crippen molar-refractivity contribution in [1.82, 2.24) is 5.32 Å². The summed E-state index contributed by atoms with van der Waals surface area (Å²) >= 11 is 0. The Morgan fingerprint density at radius 3 is 2.28 bits per heavy atom. The zero-order valence-corrected chi connectivity index (χ0v) is 14.9. The number of carboxylic acids is 2. The first kappa shape index (κ1) is 19.2. The van der Waals surface area contributed by atoms with E-state index in [1.807, 2.05) is 0 Å². The van der Waals surface area contributed by atoms with E-state index in [1.54, 1.807) is 20.8 Å². The Labute approximate surface area is 145 Å². The van der Waals surface area contributed by atoms with Gasteiger partial charge in [0.05, 0.1) is 12.3 Å². The van der Waals surface area contributed by atoms with Crippen LogP contribution in [0.5, 0.6) is 0 Å². The first-order valence-electron chi connectivity index (χ1n) is 8.39. The van der Waals surface area contributed by atoms with E-state index < -0.39 is 52.7 Å². The largest absolute Gasteiger partial charge is 0.481 e. The van der Waals surface area contributed by atoms with E-state index >= 15 is 0 Å². The summed E-state index contributed by atoms with van der Waals surface area (Å²) in [4.78, 5) is 47.3. The van der Waals surface area contributed by atoms with Gasteiger partial charge in [0, 0.05) is 11.8 Å². The molecule has 1 amide bonds. The molecule has 0 saturated heterocycles. The van der Waals surface area contributed by atoms with Crippen molar-refractivity contribution in [2.75, 3.05) is 0 Å². The van der Waals surface area contributed by atoms with E-state index in [0.717, 1.165) is 0 Å². The van der Waals surface area contributed by atoms with E-state index in [0.29, 0.717) is 6.42 Å². The summed E-state index contributed by atoms with van der Waals surface area (Å²) < 4.78 is 5.17. The topological polar surface area (TPSA) is 130 Å². The molecule has 5 atom stereocenters. The Morgan fingerprint density at radius 2 is 1.84 bits per heavy atom. The first-order valence-corrected chi connectivity index (χ1v) is 8.39. The Kier molecular flexibility index (Phi) is 4.85. The van der Waals surface area contributed by atoms with Gasteiger partial charge >= 0.3 is 17.9 Å². The van der Waals surface area contributed by atoms with Crippen LogP contribution in [0.2, 0.25) is 0 Å². The zero-order valence-electron chi connectivity index (χ0n) is 14.9. The second kappa shape index (κ2) is 6.31. The fourth-order valence-corrected chi connectivity index (χ4v) is 3.82. The van der Waals surface area contributed by atoms with E-state index in [9.17, 15) is 29.4 Å². The number of nitrogens with one attached hydrogen (secondary N) is 1. The second-order valence-corrected chi connectivity index (χ2v) is 8.05. The summed E-state index contributed by atoms with van der Waals surface area (Å²) in [5.74, 6) is -5.68. The van der Waals surface area contributed by atoms with Crippen molar-refractivity contribution in [3.05, 3.63) is 0 Å². The smallest absolute Gasteiger partial charge is 0.329 e. The lowest BCUT2D eigenvalue weighted by atomic mass is 9.89. The van der Waals surface area contributed by atoms with Crippen LogP contribution < -0.4 is 5.32 Å². The molecule has 0 bridgehead atoms. The van der Waals surface area contributed by atoms with Gasteiger partial charge in [-0.2, -0.15) is 0 Å². The van der Waals surface area contributed by atoms with Crippen LogP contribution in [0, 0.1) is 23.7 Å². The minimum Gasteiger partial charge on any atom is -0.481 e. The lowest BCUT2D eigenvalue weighted by molar-refractivity contribution is -0.157. The van der Waals surface area contributed by atoms with Crippen LogP contribution in [0.25, 0.3) is 0 Å². The number of carbonyl (C=O) groups excluding carboxylic acids is 2. The molecule has 0 heterocycles. The second-order valence-electron chi connectivity index (χ2n) is 8.05. The third kappa shape index (κ3) is 3.77. The summed E-state index contributed by atoms with van der Waals surface area (Å²) in [6, 6.07) is 0. The van der Waals surface area contributed by atoms with Gasteiger partial charge in [-0.05, 0) is 39.5 Å². The van der Waals surface area contributed by atoms with Crippen LogP contribution in [-0.2, 0) is 23.9 Å². The molecule has 2 aliphatic carbocycles. The number of carbonyl (C=O) groups is 4. The molecule has 0 unspecified atom stereocenters. The number of carboxylic acid groups (broad SMARTS) is 2. The number of rotatable bonds is 6. The van der Waals surface area contributed by atoms with Gasteiger partial charge in [-0.3, -0.25) is 14.4 Å². The molecule has 2 saturated carbocycles. The standard InChI is InChI=1S/C17H25NO7/c1-8(7-10(19)25-16(2,3)4)13(20)18-17(15(23)24)6-5-9-11(12(9)17)14(21)22/h8-9,11-12H,5-7H2,1-4H3,(H,18,20)(H,21,22)(H,23,24)/t8-,9+,11+,12+,17+/m1/s1. The maximum Gasteiger partial charge on any atom is 0.329 e. The number of amides is 1. The van der Waals surface area contributed by atoms with Crippen LogP contribution in [-0.4, -0.2) is 45.2 Å². The summed E-state index contributed by atoms with van der Waals surface area (Å²) in [5.41, 5.74) is -2.23. The number of hydrogen-bond acceptors (Lipinski definition) is 5. The Hall–Kier alpha value is -2.12. The molecule has 140 valence electrons. The summed E-state index contributed by atoms with van der Waals surface area (Å²) in [6.07, 6.45) is 0.482. The van der Waals surface area contributed by atoms with Gasteiger partial charge in [-0.25, -0.2) is 4.79 Å². The molecule has 2 fully saturated rings. The summed E-state index contributed by atoms with van der Waals surface area (Å²) in [6.45, 7) is 6.66. The molecule has 8 nitrogen and oxygen atoms in total. The summed E-state index contributed by atoms with van der Waals surface area (Å²) in [5, 5.41) is 21.3. The van der Waals surface area contributed by atoms with Gasteiger partial charge < -0.3 is 20.3 Å². The highest BCUT2D eigenvalue weighted by atomic mass is 16.6. The molecule has 0 aromatic rings. The Morgan fingerprint density at radius 1 is 1.24 bits per heavy atom. The van der Waals surface area contributed by atoms with Gasteiger partial charge in [0.15, 0.2) is 0 Å². The monoisotopic (exact) mass is 355 g/mol. The number of aliphatic carboxylic acids is 2. The average molecular weight is 355 g/mol. The highest BCUT2D eigenvalue weighted by Gasteiger charge is 2.72. The van der Waals surface area contributed by atoms with Crippen molar-refractivity contribution in [2.45, 2.75) is 58.1 Å². The van der Waals surface area contributed by atoms with E-state index in [-0.39, 0.29) is 18.8 Å².